The van der Waals surface area contributed by atoms with Gasteiger partial charge >= 0.3 is 0 Å². The Hall–Kier alpha value is -1.88. The van der Waals surface area contributed by atoms with Gasteiger partial charge in [-0.25, -0.2) is 9.98 Å². The fourth-order valence-electron chi connectivity index (χ4n) is 2.30. The first kappa shape index (κ1) is 16.5. The van der Waals surface area contributed by atoms with Gasteiger partial charge in [-0.3, -0.25) is 4.57 Å². The average Bonchev–Trinajstić information content (AvgIpc) is 2.70. The van der Waals surface area contributed by atoms with Gasteiger partial charge in [-0.2, -0.15) is 0 Å². The molecule has 1 aromatic heterocycles. The molecule has 0 fully saturated rings. The molecule has 0 unspecified atom stereocenters. The van der Waals surface area contributed by atoms with Gasteiger partial charge in [0, 0.05) is 6.20 Å². The standard InChI is InChI=1S/C17H25N3OSi/c1-12-8-9-16(17(10-12)21-22(5,6)7)19-15(4)20-11-13(2)18-14(20)3/h8-11H,1-7H3. The van der Waals surface area contributed by atoms with Gasteiger partial charge in [0.25, 0.3) is 0 Å². The van der Waals surface area contributed by atoms with E-state index in [0.29, 0.717) is 0 Å². The molecule has 0 radical (unpaired) electrons. The van der Waals surface area contributed by atoms with Gasteiger partial charge in [-0.15, -0.1) is 0 Å². The first-order valence-corrected chi connectivity index (χ1v) is 10.9. The Bertz CT molecular complexity index is 711. The Labute approximate surface area is 134 Å². The second kappa shape index (κ2) is 6.08. The Morgan fingerprint density at radius 3 is 2.41 bits per heavy atom. The lowest BCUT2D eigenvalue weighted by atomic mass is 10.2. The molecule has 2 rings (SSSR count). The SMILES string of the molecule is CC(=Nc1ccc(C)cc1O[Si](C)(C)C)n1cc(C)nc1C. The summed E-state index contributed by atoms with van der Waals surface area (Å²) in [6.45, 7) is 14.6. The number of aromatic nitrogens is 2. The zero-order valence-electron chi connectivity index (χ0n) is 14.6. The summed E-state index contributed by atoms with van der Waals surface area (Å²) in [6, 6.07) is 6.15. The molecule has 1 aromatic carbocycles. The van der Waals surface area contributed by atoms with Crippen molar-refractivity contribution < 1.29 is 4.43 Å². The highest BCUT2D eigenvalue weighted by molar-refractivity contribution is 6.70. The van der Waals surface area contributed by atoms with E-state index in [-0.39, 0.29) is 0 Å². The molecule has 0 N–H and O–H groups in total. The van der Waals surface area contributed by atoms with Gasteiger partial charge in [0.1, 0.15) is 23.1 Å². The Balaban J connectivity index is 2.44. The molecule has 0 aliphatic carbocycles. The number of rotatable bonds is 3. The van der Waals surface area contributed by atoms with Crippen LogP contribution < -0.4 is 4.43 Å². The molecule has 0 saturated carbocycles. The van der Waals surface area contributed by atoms with Crippen LogP contribution >= 0.6 is 0 Å². The molecule has 1 heterocycles. The maximum Gasteiger partial charge on any atom is 0.242 e. The third kappa shape index (κ3) is 4.07. The van der Waals surface area contributed by atoms with Crippen LogP contribution in [0.3, 0.4) is 0 Å². The van der Waals surface area contributed by atoms with E-state index in [4.69, 9.17) is 9.42 Å². The monoisotopic (exact) mass is 315 g/mol. The molecular formula is C17H25N3OSi. The van der Waals surface area contributed by atoms with Gasteiger partial charge in [0.05, 0.1) is 5.69 Å². The number of hydrogen-bond acceptors (Lipinski definition) is 3. The topological polar surface area (TPSA) is 39.4 Å². The van der Waals surface area contributed by atoms with Crippen LogP contribution in [0.2, 0.25) is 19.6 Å². The number of hydrogen-bond donors (Lipinski definition) is 0. The van der Waals surface area contributed by atoms with E-state index in [1.54, 1.807) is 0 Å². The predicted octanol–water partition coefficient (Wildman–Crippen LogP) is 4.62. The highest BCUT2D eigenvalue weighted by Gasteiger charge is 2.18. The van der Waals surface area contributed by atoms with Crippen molar-refractivity contribution in [3.05, 3.63) is 41.5 Å². The number of nitrogens with zero attached hydrogens (tertiary/aromatic N) is 3. The van der Waals surface area contributed by atoms with E-state index in [2.05, 4.69) is 43.7 Å². The van der Waals surface area contributed by atoms with Gasteiger partial charge in [0.15, 0.2) is 0 Å². The fourth-order valence-corrected chi connectivity index (χ4v) is 3.12. The van der Waals surface area contributed by atoms with Crippen molar-refractivity contribution in [1.29, 1.82) is 0 Å². The average molecular weight is 315 g/mol. The molecule has 0 saturated heterocycles. The normalized spacial score (nSPS) is 12.6. The van der Waals surface area contributed by atoms with Crippen molar-refractivity contribution in [3.8, 4) is 5.75 Å². The lowest BCUT2D eigenvalue weighted by molar-refractivity contribution is 0.558. The first-order valence-electron chi connectivity index (χ1n) is 7.53. The maximum absolute atomic E-state index is 6.19. The third-order valence-corrected chi connectivity index (χ3v) is 4.00. The molecule has 22 heavy (non-hydrogen) atoms. The zero-order valence-corrected chi connectivity index (χ0v) is 15.6. The molecular weight excluding hydrogens is 290 g/mol. The Morgan fingerprint density at radius 1 is 1.18 bits per heavy atom. The van der Waals surface area contributed by atoms with E-state index in [9.17, 15) is 0 Å². The number of benzene rings is 1. The highest BCUT2D eigenvalue weighted by atomic mass is 28.4. The summed E-state index contributed by atoms with van der Waals surface area (Å²) in [5.74, 6) is 2.70. The number of aliphatic imine (C=N–C) groups is 1. The molecule has 5 heteroatoms. The fraction of sp³-hybridized carbons (Fsp3) is 0.412. The van der Waals surface area contributed by atoms with Crippen molar-refractivity contribution >= 4 is 19.8 Å². The van der Waals surface area contributed by atoms with Gasteiger partial charge in [0.2, 0.25) is 8.32 Å². The van der Waals surface area contributed by atoms with E-state index in [1.165, 1.54) is 5.56 Å². The molecule has 4 nitrogen and oxygen atoms in total. The summed E-state index contributed by atoms with van der Waals surface area (Å²) in [4.78, 5) is 9.19. The van der Waals surface area contributed by atoms with Crippen LogP contribution in [0.25, 0.3) is 0 Å². The molecule has 2 aromatic rings. The lowest BCUT2D eigenvalue weighted by Crippen LogP contribution is -2.29. The largest absolute Gasteiger partial charge is 0.543 e. The van der Waals surface area contributed by atoms with Gasteiger partial charge < -0.3 is 4.43 Å². The number of imidazole rings is 1. The first-order chi connectivity index (χ1) is 10.2. The van der Waals surface area contributed by atoms with Crippen molar-refractivity contribution in [2.75, 3.05) is 0 Å². The van der Waals surface area contributed by atoms with E-state index < -0.39 is 8.32 Å². The summed E-state index contributed by atoms with van der Waals surface area (Å²) in [5, 5.41) is 0. The van der Waals surface area contributed by atoms with E-state index in [0.717, 1.165) is 28.8 Å². The maximum atomic E-state index is 6.19. The highest BCUT2D eigenvalue weighted by Crippen LogP contribution is 2.31. The third-order valence-electron chi connectivity index (χ3n) is 3.17. The number of aryl methyl sites for hydroxylation is 3. The van der Waals surface area contributed by atoms with Crippen molar-refractivity contribution in [1.82, 2.24) is 9.55 Å². The van der Waals surface area contributed by atoms with Crippen molar-refractivity contribution in [2.45, 2.75) is 47.3 Å². The molecule has 118 valence electrons. The molecule has 0 aliphatic rings. The predicted molar refractivity (Wildman–Crippen MR) is 95.0 cm³/mol. The summed E-state index contributed by atoms with van der Waals surface area (Å²) in [5.41, 5.74) is 3.05. The minimum atomic E-state index is -1.68. The van der Waals surface area contributed by atoms with Crippen LogP contribution in [-0.4, -0.2) is 23.7 Å². The Kier molecular flexibility index (Phi) is 4.56. The van der Waals surface area contributed by atoms with Crippen LogP contribution in [0, 0.1) is 20.8 Å². The van der Waals surface area contributed by atoms with Crippen molar-refractivity contribution in [3.63, 3.8) is 0 Å². The van der Waals surface area contributed by atoms with Crippen LogP contribution in [0.4, 0.5) is 5.69 Å². The van der Waals surface area contributed by atoms with Crippen molar-refractivity contribution in [2.24, 2.45) is 4.99 Å². The quantitative estimate of drug-likeness (QED) is 0.471. The Morgan fingerprint density at radius 2 is 1.86 bits per heavy atom. The van der Waals surface area contributed by atoms with Gasteiger partial charge in [-0.1, -0.05) is 6.07 Å². The summed E-state index contributed by atoms with van der Waals surface area (Å²) < 4.78 is 8.20. The van der Waals surface area contributed by atoms with Gasteiger partial charge in [-0.05, 0) is 65.0 Å². The lowest BCUT2D eigenvalue weighted by Gasteiger charge is -2.21. The second-order valence-corrected chi connectivity index (χ2v) is 11.1. The summed E-state index contributed by atoms with van der Waals surface area (Å²) >= 11 is 0. The zero-order chi connectivity index (χ0) is 16.5. The van der Waals surface area contributed by atoms with Crippen LogP contribution in [-0.2, 0) is 0 Å². The molecule has 0 atom stereocenters. The minimum Gasteiger partial charge on any atom is -0.543 e. The van der Waals surface area contributed by atoms with E-state index >= 15 is 0 Å². The molecule has 0 bridgehead atoms. The second-order valence-electron chi connectivity index (χ2n) is 6.64. The van der Waals surface area contributed by atoms with Crippen LogP contribution in [0.5, 0.6) is 5.75 Å². The summed E-state index contributed by atoms with van der Waals surface area (Å²) in [7, 11) is -1.68. The summed E-state index contributed by atoms with van der Waals surface area (Å²) in [6.07, 6.45) is 2.00. The molecule has 0 spiro atoms. The van der Waals surface area contributed by atoms with E-state index in [1.807, 2.05) is 37.6 Å². The van der Waals surface area contributed by atoms with Crippen LogP contribution in [0.15, 0.2) is 29.4 Å². The minimum absolute atomic E-state index is 0.869. The smallest absolute Gasteiger partial charge is 0.242 e. The molecule has 0 amide bonds. The molecule has 0 aliphatic heterocycles. The van der Waals surface area contributed by atoms with Crippen LogP contribution in [0.1, 0.15) is 24.0 Å².